The lowest BCUT2D eigenvalue weighted by Crippen LogP contribution is -2.36. The number of aromatic nitrogens is 2. The molecule has 3 atom stereocenters. The molecular formula is C11H16N4O4. The van der Waals surface area contributed by atoms with Gasteiger partial charge in [0, 0.05) is 6.20 Å². The van der Waals surface area contributed by atoms with Crippen LogP contribution in [0.2, 0.25) is 0 Å². The number of nitrogens with zero attached hydrogens (tertiary/aromatic N) is 3. The van der Waals surface area contributed by atoms with E-state index in [-0.39, 0.29) is 12.2 Å². The molecule has 1 aromatic rings. The summed E-state index contributed by atoms with van der Waals surface area (Å²) in [6.45, 7) is 1.09. The zero-order valence-electron chi connectivity index (χ0n) is 10.4. The first-order valence-electron chi connectivity index (χ1n) is 5.65. The second-order valence-electron chi connectivity index (χ2n) is 3.93. The molecule has 1 aromatic heterocycles. The number of nitrogens with two attached hydrogens (primary N) is 1. The van der Waals surface area contributed by atoms with Crippen LogP contribution in [0.4, 0.5) is 5.82 Å². The molecule has 0 spiro atoms. The molecule has 8 nitrogen and oxygen atoms in total. The summed E-state index contributed by atoms with van der Waals surface area (Å²) >= 11 is 0. The molecule has 0 aliphatic heterocycles. The second-order valence-corrected chi connectivity index (χ2v) is 3.93. The maximum Gasteiger partial charge on any atom is 0.351 e. The van der Waals surface area contributed by atoms with Gasteiger partial charge in [0.05, 0.1) is 25.2 Å². The molecule has 0 radical (unpaired) electrons. The molecule has 4 N–H and O–H groups in total. The first-order chi connectivity index (χ1) is 8.99. The molecule has 1 heterocycles. The van der Waals surface area contributed by atoms with Crippen LogP contribution in [0.1, 0.15) is 19.6 Å². The molecule has 0 bridgehead atoms. The number of nitrogen functional groups attached to an aromatic ring is 1. The molecule has 104 valence electrons. The van der Waals surface area contributed by atoms with Crippen LogP contribution in [0.5, 0.6) is 0 Å². The summed E-state index contributed by atoms with van der Waals surface area (Å²) < 4.78 is 6.52. The lowest BCUT2D eigenvalue weighted by molar-refractivity contribution is -0.116. The van der Waals surface area contributed by atoms with Gasteiger partial charge >= 0.3 is 5.69 Å². The lowest BCUT2D eigenvalue weighted by atomic mass is 10.1. The Kier molecular flexibility index (Phi) is 5.44. The van der Waals surface area contributed by atoms with Crippen LogP contribution < -0.4 is 11.4 Å². The van der Waals surface area contributed by atoms with Gasteiger partial charge in [0.25, 0.3) is 0 Å². The molecule has 0 aliphatic carbocycles. The summed E-state index contributed by atoms with van der Waals surface area (Å²) in [5, 5.41) is 27.2. The van der Waals surface area contributed by atoms with Crippen molar-refractivity contribution in [2.75, 3.05) is 12.3 Å². The number of aliphatic hydroxyl groups excluding tert-OH is 2. The topological polar surface area (TPSA) is 134 Å². The van der Waals surface area contributed by atoms with Crippen molar-refractivity contribution >= 4 is 5.82 Å². The maximum atomic E-state index is 11.6. The molecule has 0 amide bonds. The average Bonchev–Trinajstić information content (AvgIpc) is 2.35. The van der Waals surface area contributed by atoms with E-state index in [1.807, 2.05) is 0 Å². The first kappa shape index (κ1) is 15.1. The summed E-state index contributed by atoms with van der Waals surface area (Å²) in [5.41, 5.74) is 4.76. The van der Waals surface area contributed by atoms with E-state index in [0.717, 1.165) is 4.57 Å². The fraction of sp³-hybridized carbons (Fsp3) is 0.545. The number of nitriles is 1. The smallest absolute Gasteiger partial charge is 0.351 e. The van der Waals surface area contributed by atoms with Crippen LogP contribution in [-0.2, 0) is 4.74 Å². The van der Waals surface area contributed by atoms with E-state index in [1.54, 1.807) is 13.0 Å². The molecule has 1 unspecified atom stereocenters. The maximum absolute atomic E-state index is 11.6. The number of ether oxygens (including phenoxy) is 1. The van der Waals surface area contributed by atoms with E-state index in [0.29, 0.717) is 0 Å². The van der Waals surface area contributed by atoms with Crippen LogP contribution in [0.3, 0.4) is 0 Å². The second kappa shape index (κ2) is 6.84. The Morgan fingerprint density at radius 2 is 2.37 bits per heavy atom. The Balaban J connectivity index is 2.80. The number of aliphatic hydroxyl groups is 2. The van der Waals surface area contributed by atoms with Crippen molar-refractivity contribution in [2.45, 2.75) is 31.8 Å². The van der Waals surface area contributed by atoms with Gasteiger partial charge in [0.2, 0.25) is 0 Å². The summed E-state index contributed by atoms with van der Waals surface area (Å²) in [7, 11) is 0. The Bertz CT molecular complexity index is 510. The highest BCUT2D eigenvalue weighted by atomic mass is 16.5. The van der Waals surface area contributed by atoms with E-state index in [1.165, 1.54) is 12.3 Å². The van der Waals surface area contributed by atoms with Crippen molar-refractivity contribution in [1.29, 1.82) is 5.26 Å². The molecule has 0 fully saturated rings. The molecular weight excluding hydrogens is 252 g/mol. The Labute approximate surface area is 109 Å². The first-order valence-corrected chi connectivity index (χ1v) is 5.65. The molecule has 1 rings (SSSR count). The van der Waals surface area contributed by atoms with Gasteiger partial charge in [0.1, 0.15) is 18.1 Å². The highest BCUT2D eigenvalue weighted by molar-refractivity contribution is 5.23. The average molecular weight is 268 g/mol. The van der Waals surface area contributed by atoms with Crippen molar-refractivity contribution in [1.82, 2.24) is 9.55 Å². The SMILES string of the molecule is CC(O[C@H](CO)[C@@H](O)CC#N)n1ccc(N)nc1=O. The predicted octanol–water partition coefficient (Wildman–Crippen LogP) is -1.00. The van der Waals surface area contributed by atoms with Crippen LogP contribution in [0.25, 0.3) is 0 Å². The van der Waals surface area contributed by atoms with Crippen LogP contribution in [0.15, 0.2) is 17.1 Å². The van der Waals surface area contributed by atoms with E-state index in [9.17, 15) is 9.90 Å². The van der Waals surface area contributed by atoms with Gasteiger partial charge in [-0.2, -0.15) is 10.2 Å². The van der Waals surface area contributed by atoms with Gasteiger partial charge in [-0.1, -0.05) is 0 Å². The third kappa shape index (κ3) is 4.03. The van der Waals surface area contributed by atoms with Crippen molar-refractivity contribution < 1.29 is 14.9 Å². The number of rotatable bonds is 6. The lowest BCUT2D eigenvalue weighted by Gasteiger charge is -2.24. The number of hydrogen-bond acceptors (Lipinski definition) is 7. The number of hydrogen-bond donors (Lipinski definition) is 3. The van der Waals surface area contributed by atoms with E-state index >= 15 is 0 Å². The van der Waals surface area contributed by atoms with E-state index in [2.05, 4.69) is 4.98 Å². The zero-order valence-corrected chi connectivity index (χ0v) is 10.4. The predicted molar refractivity (Wildman–Crippen MR) is 65.8 cm³/mol. The monoisotopic (exact) mass is 268 g/mol. The van der Waals surface area contributed by atoms with Crippen LogP contribution >= 0.6 is 0 Å². The molecule has 8 heteroatoms. The van der Waals surface area contributed by atoms with Crippen molar-refractivity contribution in [3.63, 3.8) is 0 Å². The highest BCUT2D eigenvalue weighted by Crippen LogP contribution is 2.12. The van der Waals surface area contributed by atoms with Gasteiger partial charge in [-0.15, -0.1) is 0 Å². The Morgan fingerprint density at radius 1 is 1.68 bits per heavy atom. The van der Waals surface area contributed by atoms with Gasteiger partial charge in [-0.3, -0.25) is 4.57 Å². The van der Waals surface area contributed by atoms with E-state index < -0.39 is 30.7 Å². The van der Waals surface area contributed by atoms with Crippen molar-refractivity contribution in [3.8, 4) is 6.07 Å². The van der Waals surface area contributed by atoms with Gasteiger partial charge in [0.15, 0.2) is 0 Å². The molecule has 19 heavy (non-hydrogen) atoms. The van der Waals surface area contributed by atoms with Gasteiger partial charge in [-0.05, 0) is 13.0 Å². The fourth-order valence-electron chi connectivity index (χ4n) is 1.50. The fourth-order valence-corrected chi connectivity index (χ4v) is 1.50. The van der Waals surface area contributed by atoms with Crippen LogP contribution in [0, 0.1) is 11.3 Å². The third-order valence-corrected chi connectivity index (χ3v) is 2.52. The quantitative estimate of drug-likeness (QED) is 0.602. The summed E-state index contributed by atoms with van der Waals surface area (Å²) in [4.78, 5) is 15.1. The normalized spacial score (nSPS) is 15.5. The number of anilines is 1. The van der Waals surface area contributed by atoms with Crippen LogP contribution in [-0.4, -0.2) is 38.6 Å². The van der Waals surface area contributed by atoms with E-state index in [4.69, 9.17) is 20.8 Å². The highest BCUT2D eigenvalue weighted by Gasteiger charge is 2.22. The third-order valence-electron chi connectivity index (χ3n) is 2.52. The minimum atomic E-state index is -1.13. The van der Waals surface area contributed by atoms with Crippen molar-refractivity contribution in [3.05, 3.63) is 22.7 Å². The van der Waals surface area contributed by atoms with Gasteiger partial charge in [-0.25, -0.2) is 4.79 Å². The molecule has 0 aromatic carbocycles. The molecule has 0 aliphatic rings. The zero-order chi connectivity index (χ0) is 14.4. The molecule has 0 saturated heterocycles. The minimum Gasteiger partial charge on any atom is -0.394 e. The van der Waals surface area contributed by atoms with Gasteiger partial charge < -0.3 is 20.7 Å². The summed E-state index contributed by atoms with van der Waals surface area (Å²) in [5.74, 6) is 0.0941. The summed E-state index contributed by atoms with van der Waals surface area (Å²) in [6.07, 6.45) is -1.62. The Morgan fingerprint density at radius 3 is 2.89 bits per heavy atom. The minimum absolute atomic E-state index is 0.0941. The molecule has 0 saturated carbocycles. The standard InChI is InChI=1S/C11H16N4O4/c1-7(15-5-3-10(13)14-11(15)18)19-9(6-16)8(17)2-4-12/h3,5,7-9,16-17H,2,6H2,1H3,(H2,13,14,18)/t7?,8-,9+/m0/s1. The largest absolute Gasteiger partial charge is 0.394 e. The Hall–Kier alpha value is -1.95. The summed E-state index contributed by atoms with van der Waals surface area (Å²) in [6, 6.07) is 3.21. The van der Waals surface area contributed by atoms with Crippen molar-refractivity contribution in [2.24, 2.45) is 0 Å².